The fourth-order valence-electron chi connectivity index (χ4n) is 2.02. The van der Waals surface area contributed by atoms with E-state index in [-0.39, 0.29) is 19.1 Å². The van der Waals surface area contributed by atoms with Crippen molar-refractivity contribution in [2.75, 3.05) is 26.9 Å². The van der Waals surface area contributed by atoms with Crippen LogP contribution in [0.1, 0.15) is 9.75 Å². The van der Waals surface area contributed by atoms with Crippen LogP contribution in [-0.2, 0) is 14.3 Å². The molecule has 0 unspecified atom stereocenters. The molecule has 6 nitrogen and oxygen atoms in total. The number of esters is 1. The van der Waals surface area contributed by atoms with Crippen molar-refractivity contribution in [1.82, 2.24) is 5.32 Å². The normalized spacial score (nSPS) is 10.5. The summed E-state index contributed by atoms with van der Waals surface area (Å²) in [6.45, 7) is 2.22. The molecule has 7 heteroatoms. The van der Waals surface area contributed by atoms with Gasteiger partial charge in [-0.15, -0.1) is 11.3 Å². The van der Waals surface area contributed by atoms with Gasteiger partial charge in [-0.05, 0) is 37.3 Å². The summed E-state index contributed by atoms with van der Waals surface area (Å²) in [5, 5.41) is 2.62. The number of carbonyl (C=O) groups is 2. The number of hydrogen-bond donors (Lipinski definition) is 1. The molecule has 2 rings (SSSR count). The standard InChI is InChI=1S/C19H21NO5S/c1-14-7-8-15(26-14)9-10-19(22)25-13-18(21)20-11-12-24-17-6-4-3-5-16(17)23-2/h3-10H,11-13H2,1-2H3,(H,20,21)/b10-9+. The van der Waals surface area contributed by atoms with Crippen LogP contribution >= 0.6 is 11.3 Å². The number of benzene rings is 1. The van der Waals surface area contributed by atoms with Gasteiger partial charge in [-0.25, -0.2) is 4.79 Å². The summed E-state index contributed by atoms with van der Waals surface area (Å²) in [7, 11) is 1.56. The molecule has 138 valence electrons. The molecule has 1 N–H and O–H groups in total. The first kappa shape index (κ1) is 19.5. The van der Waals surface area contributed by atoms with Crippen molar-refractivity contribution in [3.05, 3.63) is 52.2 Å². The summed E-state index contributed by atoms with van der Waals surface area (Å²) in [4.78, 5) is 25.4. The highest BCUT2D eigenvalue weighted by molar-refractivity contribution is 7.12. The van der Waals surface area contributed by atoms with E-state index in [1.165, 1.54) is 6.08 Å². The Morgan fingerprint density at radius 3 is 2.62 bits per heavy atom. The molecule has 1 heterocycles. The molecule has 0 aliphatic heterocycles. The molecule has 0 saturated carbocycles. The number of thiophene rings is 1. The molecule has 1 aromatic heterocycles. The largest absolute Gasteiger partial charge is 0.493 e. The lowest BCUT2D eigenvalue weighted by Crippen LogP contribution is -2.31. The molecular weight excluding hydrogens is 354 g/mol. The molecule has 0 atom stereocenters. The highest BCUT2D eigenvalue weighted by Crippen LogP contribution is 2.25. The summed E-state index contributed by atoms with van der Waals surface area (Å²) in [5.74, 6) is 0.281. The molecule has 2 aromatic rings. The maximum Gasteiger partial charge on any atom is 0.331 e. The van der Waals surface area contributed by atoms with Crippen LogP contribution < -0.4 is 14.8 Å². The molecule has 0 radical (unpaired) electrons. The fraction of sp³-hybridized carbons (Fsp3) is 0.263. The second-order valence-corrected chi connectivity index (χ2v) is 6.56. The van der Waals surface area contributed by atoms with E-state index in [0.717, 1.165) is 9.75 Å². The Labute approximate surface area is 156 Å². The lowest BCUT2D eigenvalue weighted by atomic mass is 10.3. The average molecular weight is 375 g/mol. The van der Waals surface area contributed by atoms with E-state index in [9.17, 15) is 9.59 Å². The van der Waals surface area contributed by atoms with Crippen LogP contribution in [0.2, 0.25) is 0 Å². The number of nitrogens with one attached hydrogen (secondary N) is 1. The quantitative estimate of drug-likeness (QED) is 0.414. The number of carbonyl (C=O) groups excluding carboxylic acids is 2. The van der Waals surface area contributed by atoms with Gasteiger partial charge in [0.25, 0.3) is 5.91 Å². The highest BCUT2D eigenvalue weighted by Gasteiger charge is 2.06. The Kier molecular flexibility index (Phi) is 7.70. The van der Waals surface area contributed by atoms with Crippen molar-refractivity contribution >= 4 is 29.3 Å². The molecular formula is C19H21NO5S. The van der Waals surface area contributed by atoms with Crippen LogP contribution in [0.5, 0.6) is 11.5 Å². The number of methoxy groups -OCH3 is 1. The molecule has 26 heavy (non-hydrogen) atoms. The van der Waals surface area contributed by atoms with Gasteiger partial charge in [-0.2, -0.15) is 0 Å². The number of ether oxygens (including phenoxy) is 3. The van der Waals surface area contributed by atoms with Gasteiger partial charge in [-0.1, -0.05) is 12.1 Å². The minimum absolute atomic E-state index is 0.275. The summed E-state index contributed by atoms with van der Waals surface area (Å²) in [5.41, 5.74) is 0. The minimum atomic E-state index is -0.559. The van der Waals surface area contributed by atoms with Gasteiger partial charge in [0.2, 0.25) is 0 Å². The Hall–Kier alpha value is -2.80. The van der Waals surface area contributed by atoms with E-state index in [1.807, 2.05) is 31.2 Å². The molecule has 0 spiro atoms. The third-order valence-corrected chi connectivity index (χ3v) is 4.21. The van der Waals surface area contributed by atoms with E-state index in [1.54, 1.807) is 36.7 Å². The van der Waals surface area contributed by atoms with Crippen molar-refractivity contribution in [2.24, 2.45) is 0 Å². The molecule has 0 saturated heterocycles. The third-order valence-electron chi connectivity index (χ3n) is 3.24. The van der Waals surface area contributed by atoms with E-state index < -0.39 is 5.97 Å². The van der Waals surface area contributed by atoms with Gasteiger partial charge in [-0.3, -0.25) is 4.79 Å². The Balaban J connectivity index is 1.62. The smallest absolute Gasteiger partial charge is 0.331 e. The molecule has 1 aromatic carbocycles. The summed E-state index contributed by atoms with van der Waals surface area (Å²) < 4.78 is 15.6. The highest BCUT2D eigenvalue weighted by atomic mass is 32.1. The molecule has 0 fully saturated rings. The first-order valence-electron chi connectivity index (χ1n) is 8.02. The Morgan fingerprint density at radius 1 is 1.15 bits per heavy atom. The van der Waals surface area contributed by atoms with Crippen molar-refractivity contribution in [3.63, 3.8) is 0 Å². The van der Waals surface area contributed by atoms with Crippen molar-refractivity contribution in [2.45, 2.75) is 6.92 Å². The van der Waals surface area contributed by atoms with E-state index in [4.69, 9.17) is 14.2 Å². The molecule has 1 amide bonds. The Morgan fingerprint density at radius 2 is 1.92 bits per heavy atom. The lowest BCUT2D eigenvalue weighted by molar-refractivity contribution is -0.143. The summed E-state index contributed by atoms with van der Waals surface area (Å²) in [6.07, 6.45) is 2.97. The zero-order chi connectivity index (χ0) is 18.8. The number of hydrogen-bond acceptors (Lipinski definition) is 6. The first-order chi connectivity index (χ1) is 12.6. The van der Waals surface area contributed by atoms with Crippen LogP contribution in [0.4, 0.5) is 0 Å². The Bertz CT molecular complexity index is 769. The molecule has 0 aliphatic carbocycles. The number of amides is 1. The van der Waals surface area contributed by atoms with Crippen LogP contribution in [0.15, 0.2) is 42.5 Å². The fourth-order valence-corrected chi connectivity index (χ4v) is 2.80. The molecule has 0 aliphatic rings. The zero-order valence-electron chi connectivity index (χ0n) is 14.7. The van der Waals surface area contributed by atoms with Gasteiger partial charge < -0.3 is 19.5 Å². The van der Waals surface area contributed by atoms with Gasteiger partial charge in [0.1, 0.15) is 6.61 Å². The van der Waals surface area contributed by atoms with Crippen molar-refractivity contribution in [1.29, 1.82) is 0 Å². The predicted molar refractivity (Wildman–Crippen MR) is 101 cm³/mol. The number of rotatable bonds is 9. The second-order valence-electron chi connectivity index (χ2n) is 5.24. The van der Waals surface area contributed by atoms with Crippen LogP contribution in [0, 0.1) is 6.92 Å². The average Bonchev–Trinajstić information content (AvgIpc) is 3.07. The maximum absolute atomic E-state index is 11.7. The maximum atomic E-state index is 11.7. The minimum Gasteiger partial charge on any atom is -0.493 e. The molecule has 0 bridgehead atoms. The van der Waals surface area contributed by atoms with Crippen LogP contribution in [-0.4, -0.2) is 38.7 Å². The van der Waals surface area contributed by atoms with Crippen LogP contribution in [0.3, 0.4) is 0 Å². The SMILES string of the molecule is COc1ccccc1OCCNC(=O)COC(=O)/C=C/c1ccc(C)s1. The predicted octanol–water partition coefficient (Wildman–Crippen LogP) is 2.82. The van der Waals surface area contributed by atoms with Crippen molar-refractivity contribution in [3.8, 4) is 11.5 Å². The van der Waals surface area contributed by atoms with Gasteiger partial charge in [0.05, 0.1) is 13.7 Å². The number of aryl methyl sites for hydroxylation is 1. The van der Waals surface area contributed by atoms with Gasteiger partial charge in [0, 0.05) is 15.8 Å². The van der Waals surface area contributed by atoms with Crippen LogP contribution in [0.25, 0.3) is 6.08 Å². The zero-order valence-corrected chi connectivity index (χ0v) is 15.5. The van der Waals surface area contributed by atoms with Gasteiger partial charge >= 0.3 is 5.97 Å². The lowest BCUT2D eigenvalue weighted by Gasteiger charge is -2.10. The third kappa shape index (κ3) is 6.60. The van der Waals surface area contributed by atoms with E-state index in [2.05, 4.69) is 5.32 Å². The summed E-state index contributed by atoms with van der Waals surface area (Å²) in [6, 6.07) is 11.1. The van der Waals surface area contributed by atoms with E-state index in [0.29, 0.717) is 18.0 Å². The second kappa shape index (κ2) is 10.2. The topological polar surface area (TPSA) is 73.9 Å². The number of para-hydroxylation sites is 2. The van der Waals surface area contributed by atoms with E-state index >= 15 is 0 Å². The van der Waals surface area contributed by atoms with Crippen molar-refractivity contribution < 1.29 is 23.8 Å². The summed E-state index contributed by atoms with van der Waals surface area (Å²) >= 11 is 1.57. The monoisotopic (exact) mass is 375 g/mol. The van der Waals surface area contributed by atoms with Gasteiger partial charge in [0.15, 0.2) is 18.1 Å². The first-order valence-corrected chi connectivity index (χ1v) is 8.84.